The summed E-state index contributed by atoms with van der Waals surface area (Å²) in [6.45, 7) is 0.986. The molecule has 8 heteroatoms. The first-order valence-corrected chi connectivity index (χ1v) is 12.0. The van der Waals surface area contributed by atoms with E-state index in [0.29, 0.717) is 19.5 Å². The summed E-state index contributed by atoms with van der Waals surface area (Å²) in [7, 11) is 0. The molecule has 0 saturated heterocycles. The maximum atomic E-state index is 13.3. The van der Waals surface area contributed by atoms with Gasteiger partial charge in [0.05, 0.1) is 6.54 Å². The van der Waals surface area contributed by atoms with Crippen LogP contribution in [0.5, 0.6) is 0 Å². The normalized spacial score (nSPS) is 11.8. The molecule has 5 aromatic rings. The quantitative estimate of drug-likeness (QED) is 0.286. The van der Waals surface area contributed by atoms with Crippen molar-refractivity contribution in [3.63, 3.8) is 0 Å². The summed E-state index contributed by atoms with van der Waals surface area (Å²) in [5, 5.41) is 11.0. The van der Waals surface area contributed by atoms with Gasteiger partial charge in [0, 0.05) is 48.0 Å². The number of aromatic amines is 1. The van der Waals surface area contributed by atoms with Crippen molar-refractivity contribution in [3.8, 4) is 0 Å². The number of halogens is 1. The Hall–Kier alpha value is -4.72. The molecular weight excluding hydrogens is 469 g/mol. The Kier molecular flexibility index (Phi) is 7.07. The molecule has 5 rings (SSSR count). The van der Waals surface area contributed by atoms with E-state index in [4.69, 9.17) is 0 Å². The molecule has 2 amide bonds. The fourth-order valence-electron chi connectivity index (χ4n) is 4.23. The minimum Gasteiger partial charge on any atom is -0.361 e. The minimum atomic E-state index is -0.823. The molecule has 2 aromatic heterocycles. The molecule has 3 aromatic carbocycles. The van der Waals surface area contributed by atoms with Gasteiger partial charge >= 0.3 is 0 Å². The van der Waals surface area contributed by atoms with E-state index >= 15 is 0 Å². The summed E-state index contributed by atoms with van der Waals surface area (Å²) in [5.41, 5.74) is 4.19. The summed E-state index contributed by atoms with van der Waals surface area (Å²) in [4.78, 5) is 29.4. The lowest BCUT2D eigenvalue weighted by molar-refractivity contribution is -0.123. The number of nitrogens with zero attached hydrogens (tertiary/aromatic N) is 2. The fourth-order valence-corrected chi connectivity index (χ4v) is 4.23. The first kappa shape index (κ1) is 24.0. The zero-order valence-corrected chi connectivity index (χ0v) is 20.0. The number of fused-ring (bicyclic) bond motifs is 1. The maximum Gasteiger partial charge on any atom is 0.251 e. The second-order valence-electron chi connectivity index (χ2n) is 8.83. The predicted molar refractivity (Wildman–Crippen MR) is 139 cm³/mol. The third-order valence-corrected chi connectivity index (χ3v) is 6.22. The van der Waals surface area contributed by atoms with Gasteiger partial charge < -0.3 is 15.6 Å². The molecule has 0 unspecified atom stereocenters. The van der Waals surface area contributed by atoms with E-state index in [1.54, 1.807) is 6.20 Å². The van der Waals surface area contributed by atoms with Crippen LogP contribution in [0.25, 0.3) is 10.9 Å². The predicted octanol–water partition coefficient (Wildman–Crippen LogP) is 4.21. The smallest absolute Gasteiger partial charge is 0.251 e. The van der Waals surface area contributed by atoms with Crippen molar-refractivity contribution in [1.29, 1.82) is 0 Å². The van der Waals surface area contributed by atoms with Gasteiger partial charge in [0.2, 0.25) is 5.91 Å². The average Bonchev–Trinajstić information content (AvgIpc) is 3.58. The molecule has 3 N–H and O–H groups in total. The summed E-state index contributed by atoms with van der Waals surface area (Å²) in [5.74, 6) is -1.18. The molecule has 0 aliphatic heterocycles. The maximum absolute atomic E-state index is 13.3. The van der Waals surface area contributed by atoms with E-state index in [9.17, 15) is 14.0 Å². The number of H-pyrrole nitrogens is 1. The van der Waals surface area contributed by atoms with Crippen molar-refractivity contribution in [2.24, 2.45) is 0 Å². The van der Waals surface area contributed by atoms with Crippen LogP contribution >= 0.6 is 0 Å². The zero-order chi connectivity index (χ0) is 25.6. The lowest BCUT2D eigenvalue weighted by atomic mass is 10.0. The molecule has 7 nitrogen and oxygen atoms in total. The topological polar surface area (TPSA) is 91.8 Å². The molecule has 37 heavy (non-hydrogen) atoms. The molecule has 0 radical (unpaired) electrons. The van der Waals surface area contributed by atoms with Crippen LogP contribution < -0.4 is 10.6 Å². The van der Waals surface area contributed by atoms with Gasteiger partial charge in [-0.1, -0.05) is 42.5 Å². The van der Waals surface area contributed by atoms with Crippen LogP contribution in [0.2, 0.25) is 0 Å². The van der Waals surface area contributed by atoms with Crippen molar-refractivity contribution in [2.45, 2.75) is 25.6 Å². The number of nitrogens with one attached hydrogen (secondary N) is 3. The standard InChI is InChI=1S/C29H26FN5O2/c30-24-12-10-22(11-13-24)28(36)34-27(16-23-18-31-26-5-2-1-4-25(23)26)29(37)32-17-20-6-8-21(9-7-20)19-35-15-3-14-33-35/h1-15,18,27,31H,16-17,19H2,(H,32,37)(H,34,36)/t27-/m1/s1. The van der Waals surface area contributed by atoms with Crippen LogP contribution in [0, 0.1) is 5.82 Å². The number of benzene rings is 3. The van der Waals surface area contributed by atoms with Crippen LogP contribution in [-0.2, 0) is 24.3 Å². The van der Waals surface area contributed by atoms with Crippen LogP contribution in [0.1, 0.15) is 27.0 Å². The zero-order valence-electron chi connectivity index (χ0n) is 20.0. The highest BCUT2D eigenvalue weighted by atomic mass is 19.1. The Bertz CT molecular complexity index is 1490. The molecule has 1 atom stereocenters. The number of aromatic nitrogens is 3. The number of carbonyl (C=O) groups is 2. The third kappa shape index (κ3) is 5.92. The van der Waals surface area contributed by atoms with Gasteiger partial charge in [-0.15, -0.1) is 0 Å². The lowest BCUT2D eigenvalue weighted by Crippen LogP contribution is -2.47. The Labute approximate surface area is 213 Å². The van der Waals surface area contributed by atoms with Crippen molar-refractivity contribution in [3.05, 3.63) is 126 Å². The van der Waals surface area contributed by atoms with Gasteiger partial charge in [0.15, 0.2) is 0 Å². The van der Waals surface area contributed by atoms with Gasteiger partial charge in [-0.3, -0.25) is 14.3 Å². The SMILES string of the molecule is O=C(N[C@H](Cc1c[nH]c2ccccc12)C(=O)NCc1ccc(Cn2cccn2)cc1)c1ccc(F)cc1. The summed E-state index contributed by atoms with van der Waals surface area (Å²) in [6.07, 6.45) is 5.80. The van der Waals surface area contributed by atoms with E-state index in [0.717, 1.165) is 27.6 Å². The number of hydrogen-bond donors (Lipinski definition) is 3. The molecule has 0 bridgehead atoms. The first-order chi connectivity index (χ1) is 18.0. The van der Waals surface area contributed by atoms with Crippen molar-refractivity contribution in [1.82, 2.24) is 25.4 Å². The van der Waals surface area contributed by atoms with Crippen molar-refractivity contribution >= 4 is 22.7 Å². The largest absolute Gasteiger partial charge is 0.361 e. The van der Waals surface area contributed by atoms with E-state index in [1.807, 2.05) is 71.7 Å². The molecule has 0 saturated carbocycles. The number of para-hydroxylation sites is 1. The third-order valence-electron chi connectivity index (χ3n) is 6.22. The monoisotopic (exact) mass is 495 g/mol. The van der Waals surface area contributed by atoms with E-state index in [2.05, 4.69) is 20.7 Å². The van der Waals surface area contributed by atoms with E-state index in [-0.39, 0.29) is 11.5 Å². The first-order valence-electron chi connectivity index (χ1n) is 12.0. The lowest BCUT2D eigenvalue weighted by Gasteiger charge is -2.19. The summed E-state index contributed by atoms with van der Waals surface area (Å²) < 4.78 is 15.2. The van der Waals surface area contributed by atoms with Crippen molar-refractivity contribution in [2.75, 3.05) is 0 Å². The van der Waals surface area contributed by atoms with Crippen LogP contribution in [0.4, 0.5) is 4.39 Å². The Morgan fingerprint density at radius 2 is 1.70 bits per heavy atom. The number of rotatable bonds is 9. The number of hydrogen-bond acceptors (Lipinski definition) is 3. The molecule has 2 heterocycles. The molecule has 0 spiro atoms. The van der Waals surface area contributed by atoms with Gasteiger partial charge in [-0.25, -0.2) is 4.39 Å². The molecule has 186 valence electrons. The van der Waals surface area contributed by atoms with Gasteiger partial charge in [0.1, 0.15) is 11.9 Å². The highest BCUT2D eigenvalue weighted by molar-refractivity contribution is 5.98. The fraction of sp³-hybridized carbons (Fsp3) is 0.138. The van der Waals surface area contributed by atoms with Crippen LogP contribution in [0.3, 0.4) is 0 Å². The second kappa shape index (κ2) is 10.9. The Morgan fingerprint density at radius 3 is 2.46 bits per heavy atom. The molecule has 0 aliphatic rings. The minimum absolute atomic E-state index is 0.283. The summed E-state index contributed by atoms with van der Waals surface area (Å²) in [6, 6.07) is 22.0. The van der Waals surface area contributed by atoms with Crippen LogP contribution in [0.15, 0.2) is 97.5 Å². The number of carbonyl (C=O) groups excluding carboxylic acids is 2. The van der Waals surface area contributed by atoms with E-state index in [1.165, 1.54) is 24.3 Å². The number of amides is 2. The highest BCUT2D eigenvalue weighted by Gasteiger charge is 2.23. The van der Waals surface area contributed by atoms with Gasteiger partial charge in [-0.05, 0) is 53.1 Å². The molecule has 0 fully saturated rings. The Balaban J connectivity index is 1.28. The summed E-state index contributed by atoms with van der Waals surface area (Å²) >= 11 is 0. The Morgan fingerprint density at radius 1 is 0.946 bits per heavy atom. The second-order valence-corrected chi connectivity index (χ2v) is 8.83. The molecule has 0 aliphatic carbocycles. The average molecular weight is 496 g/mol. The highest BCUT2D eigenvalue weighted by Crippen LogP contribution is 2.19. The van der Waals surface area contributed by atoms with Crippen molar-refractivity contribution < 1.29 is 14.0 Å². The van der Waals surface area contributed by atoms with Gasteiger partial charge in [0.25, 0.3) is 5.91 Å². The van der Waals surface area contributed by atoms with E-state index < -0.39 is 17.8 Å². The van der Waals surface area contributed by atoms with Crippen LogP contribution in [-0.4, -0.2) is 32.6 Å². The molecular formula is C29H26FN5O2. The van der Waals surface area contributed by atoms with Gasteiger partial charge in [-0.2, -0.15) is 5.10 Å².